The minimum atomic E-state index is -0.380. The minimum absolute atomic E-state index is 0.0916. The van der Waals surface area contributed by atoms with Crippen LogP contribution in [0.25, 0.3) is 0 Å². The van der Waals surface area contributed by atoms with E-state index in [2.05, 4.69) is 11.8 Å². The Labute approximate surface area is 100 Å². The van der Waals surface area contributed by atoms with Crippen molar-refractivity contribution in [1.82, 2.24) is 4.90 Å². The number of hydrogen-bond donors (Lipinski definition) is 2. The fourth-order valence-electron chi connectivity index (χ4n) is 2.13. The molecule has 0 saturated heterocycles. The molecule has 1 rings (SSSR count). The number of nitrogens with two attached hydrogens (primary N) is 1. The van der Waals surface area contributed by atoms with Crippen LogP contribution in [0.5, 0.6) is 0 Å². The van der Waals surface area contributed by atoms with Crippen LogP contribution >= 0.6 is 0 Å². The number of nitrogens with zero attached hydrogens (tertiary/aromatic N) is 1. The Morgan fingerprint density at radius 2 is 2.00 bits per heavy atom. The second kappa shape index (κ2) is 6.58. The van der Waals surface area contributed by atoms with Crippen LogP contribution in [0.4, 0.5) is 0 Å². The Balaban J connectivity index is 2.08. The van der Waals surface area contributed by atoms with Crippen molar-refractivity contribution in [2.24, 2.45) is 5.73 Å². The van der Waals surface area contributed by atoms with Gasteiger partial charge in [-0.15, -0.1) is 0 Å². The van der Waals surface area contributed by atoms with Crippen LogP contribution in [0.3, 0.4) is 0 Å². The summed E-state index contributed by atoms with van der Waals surface area (Å²) in [6.07, 6.45) is 7.30. The molecule has 1 fully saturated rings. The zero-order chi connectivity index (χ0) is 12.0. The fraction of sp³-hybridized carbons (Fsp3) is 1.00. The number of aliphatic hydroxyl groups is 1. The molecule has 0 aromatic rings. The first-order chi connectivity index (χ1) is 7.59. The third kappa shape index (κ3) is 5.28. The standard InChI is InChI=1S/C13H28N2O/c1-3-9-15(12-6-7-12)10-5-4-8-13(2,14)11-16/h12,16H,3-11,14H2,1-2H3. The quantitative estimate of drug-likeness (QED) is 0.591. The van der Waals surface area contributed by atoms with E-state index in [-0.39, 0.29) is 12.1 Å². The summed E-state index contributed by atoms with van der Waals surface area (Å²) < 4.78 is 0. The van der Waals surface area contributed by atoms with E-state index in [1.165, 1.54) is 38.8 Å². The molecular weight excluding hydrogens is 200 g/mol. The lowest BCUT2D eigenvalue weighted by atomic mass is 9.97. The van der Waals surface area contributed by atoms with Gasteiger partial charge in [0.05, 0.1) is 6.61 Å². The molecule has 0 bridgehead atoms. The summed E-state index contributed by atoms with van der Waals surface area (Å²) in [5, 5.41) is 9.05. The predicted octanol–water partition coefficient (Wildman–Crippen LogP) is 1.74. The molecule has 3 nitrogen and oxygen atoms in total. The summed E-state index contributed by atoms with van der Waals surface area (Å²) in [6, 6.07) is 0.877. The van der Waals surface area contributed by atoms with Gasteiger partial charge in [0.1, 0.15) is 0 Å². The normalized spacial score (nSPS) is 20.1. The number of aliphatic hydroxyl groups excluding tert-OH is 1. The zero-order valence-electron chi connectivity index (χ0n) is 10.9. The molecule has 1 saturated carbocycles. The average molecular weight is 228 g/mol. The Morgan fingerprint density at radius 1 is 1.31 bits per heavy atom. The summed E-state index contributed by atoms with van der Waals surface area (Å²) in [5.74, 6) is 0. The molecule has 1 aliphatic rings. The van der Waals surface area contributed by atoms with E-state index < -0.39 is 0 Å². The van der Waals surface area contributed by atoms with E-state index in [1.807, 2.05) is 6.92 Å². The maximum absolute atomic E-state index is 9.05. The van der Waals surface area contributed by atoms with E-state index in [4.69, 9.17) is 10.8 Å². The van der Waals surface area contributed by atoms with Gasteiger partial charge in [0.2, 0.25) is 0 Å². The SMILES string of the molecule is CCCN(CCCCC(C)(N)CO)C1CC1. The van der Waals surface area contributed by atoms with Crippen LogP contribution in [0.15, 0.2) is 0 Å². The summed E-state index contributed by atoms with van der Waals surface area (Å²) in [5.41, 5.74) is 5.52. The van der Waals surface area contributed by atoms with Gasteiger partial charge in [0.15, 0.2) is 0 Å². The van der Waals surface area contributed by atoms with Crippen LogP contribution < -0.4 is 5.73 Å². The lowest BCUT2D eigenvalue weighted by molar-refractivity contribution is 0.193. The number of hydrogen-bond acceptors (Lipinski definition) is 3. The first-order valence-electron chi connectivity index (χ1n) is 6.73. The molecule has 1 aliphatic carbocycles. The molecule has 0 aliphatic heterocycles. The zero-order valence-corrected chi connectivity index (χ0v) is 10.9. The van der Waals surface area contributed by atoms with Gasteiger partial charge in [-0.1, -0.05) is 13.3 Å². The summed E-state index contributed by atoms with van der Waals surface area (Å²) in [4.78, 5) is 2.62. The first kappa shape index (κ1) is 13.9. The third-order valence-corrected chi connectivity index (χ3v) is 3.38. The summed E-state index contributed by atoms with van der Waals surface area (Å²) >= 11 is 0. The molecule has 0 radical (unpaired) electrons. The van der Waals surface area contributed by atoms with Gasteiger partial charge in [0, 0.05) is 11.6 Å². The fourth-order valence-corrected chi connectivity index (χ4v) is 2.13. The van der Waals surface area contributed by atoms with E-state index in [1.54, 1.807) is 0 Å². The van der Waals surface area contributed by atoms with Crippen molar-refractivity contribution in [3.8, 4) is 0 Å². The minimum Gasteiger partial charge on any atom is -0.394 e. The lowest BCUT2D eigenvalue weighted by Crippen LogP contribution is -2.40. The average Bonchev–Trinajstić information content (AvgIpc) is 3.06. The maximum atomic E-state index is 9.05. The Bertz CT molecular complexity index is 190. The smallest absolute Gasteiger partial charge is 0.0608 e. The van der Waals surface area contributed by atoms with Crippen molar-refractivity contribution in [1.29, 1.82) is 0 Å². The van der Waals surface area contributed by atoms with Crippen LogP contribution in [0, 0.1) is 0 Å². The van der Waals surface area contributed by atoms with Gasteiger partial charge in [0.25, 0.3) is 0 Å². The largest absolute Gasteiger partial charge is 0.394 e. The Kier molecular flexibility index (Phi) is 5.73. The molecule has 0 amide bonds. The second-order valence-corrected chi connectivity index (χ2v) is 5.54. The molecule has 1 atom stereocenters. The van der Waals surface area contributed by atoms with Crippen LogP contribution in [-0.4, -0.2) is 41.3 Å². The molecule has 1 unspecified atom stereocenters. The summed E-state index contributed by atoms with van der Waals surface area (Å²) in [7, 11) is 0. The number of rotatable bonds is 9. The Hall–Kier alpha value is -0.120. The highest BCUT2D eigenvalue weighted by atomic mass is 16.3. The molecule has 0 heterocycles. The first-order valence-corrected chi connectivity index (χ1v) is 6.73. The highest BCUT2D eigenvalue weighted by Gasteiger charge is 2.27. The van der Waals surface area contributed by atoms with Crippen molar-refractivity contribution in [3.05, 3.63) is 0 Å². The highest BCUT2D eigenvalue weighted by Crippen LogP contribution is 2.27. The van der Waals surface area contributed by atoms with E-state index >= 15 is 0 Å². The number of unbranched alkanes of at least 4 members (excludes halogenated alkanes) is 1. The molecule has 3 heteroatoms. The van der Waals surface area contributed by atoms with Gasteiger partial charge >= 0.3 is 0 Å². The molecular formula is C13H28N2O. The van der Waals surface area contributed by atoms with Crippen LogP contribution in [-0.2, 0) is 0 Å². The molecule has 96 valence electrons. The van der Waals surface area contributed by atoms with Gasteiger partial charge < -0.3 is 15.7 Å². The van der Waals surface area contributed by atoms with Gasteiger partial charge in [-0.25, -0.2) is 0 Å². The van der Waals surface area contributed by atoms with Crippen molar-refractivity contribution in [2.75, 3.05) is 19.7 Å². The van der Waals surface area contributed by atoms with Crippen molar-refractivity contribution < 1.29 is 5.11 Å². The second-order valence-electron chi connectivity index (χ2n) is 5.54. The van der Waals surface area contributed by atoms with Crippen LogP contribution in [0.1, 0.15) is 52.4 Å². The van der Waals surface area contributed by atoms with Gasteiger partial charge in [-0.05, 0) is 52.1 Å². The van der Waals surface area contributed by atoms with Gasteiger partial charge in [-0.3, -0.25) is 0 Å². The van der Waals surface area contributed by atoms with Crippen LogP contribution in [0.2, 0.25) is 0 Å². The molecule has 3 N–H and O–H groups in total. The molecule has 0 aromatic carbocycles. The molecule has 0 spiro atoms. The predicted molar refractivity (Wildman–Crippen MR) is 68.4 cm³/mol. The Morgan fingerprint density at radius 3 is 2.50 bits per heavy atom. The van der Waals surface area contributed by atoms with E-state index in [9.17, 15) is 0 Å². The van der Waals surface area contributed by atoms with Gasteiger partial charge in [-0.2, -0.15) is 0 Å². The molecule has 16 heavy (non-hydrogen) atoms. The molecule has 0 aromatic heterocycles. The topological polar surface area (TPSA) is 49.5 Å². The van der Waals surface area contributed by atoms with E-state index in [0.717, 1.165) is 18.9 Å². The third-order valence-electron chi connectivity index (χ3n) is 3.38. The highest BCUT2D eigenvalue weighted by molar-refractivity contribution is 4.84. The lowest BCUT2D eigenvalue weighted by Gasteiger charge is -2.24. The van der Waals surface area contributed by atoms with E-state index in [0.29, 0.717) is 0 Å². The van der Waals surface area contributed by atoms with Crippen molar-refractivity contribution in [3.63, 3.8) is 0 Å². The maximum Gasteiger partial charge on any atom is 0.0608 e. The monoisotopic (exact) mass is 228 g/mol. The summed E-state index contributed by atoms with van der Waals surface area (Å²) in [6.45, 7) is 6.72. The van der Waals surface area contributed by atoms with Crippen molar-refractivity contribution in [2.45, 2.75) is 64.0 Å². The van der Waals surface area contributed by atoms with Crippen molar-refractivity contribution >= 4 is 0 Å².